The number of carbonyl (C=O) groups excluding carboxylic acids is 1. The van der Waals surface area contributed by atoms with E-state index in [-0.39, 0.29) is 5.91 Å². The highest BCUT2D eigenvalue weighted by molar-refractivity contribution is 7.99. The first-order valence-electron chi connectivity index (χ1n) is 7.50. The molecule has 0 spiro atoms. The van der Waals surface area contributed by atoms with Gasteiger partial charge in [0.1, 0.15) is 0 Å². The van der Waals surface area contributed by atoms with Gasteiger partial charge in [-0.15, -0.1) is 11.3 Å². The second-order valence-electron chi connectivity index (χ2n) is 5.23. The number of hydrogen-bond acceptors (Lipinski definition) is 3. The van der Waals surface area contributed by atoms with Crippen LogP contribution >= 0.6 is 23.1 Å². The summed E-state index contributed by atoms with van der Waals surface area (Å²) in [6.07, 6.45) is 4.64. The van der Waals surface area contributed by atoms with E-state index in [0.29, 0.717) is 5.25 Å². The summed E-state index contributed by atoms with van der Waals surface area (Å²) in [5.74, 6) is 1.13. The Hall–Kier alpha value is -1.52. The van der Waals surface area contributed by atoms with Crippen molar-refractivity contribution in [3.63, 3.8) is 0 Å². The van der Waals surface area contributed by atoms with Crippen molar-refractivity contribution in [3.05, 3.63) is 64.4 Å². The van der Waals surface area contributed by atoms with E-state index < -0.39 is 0 Å². The summed E-state index contributed by atoms with van der Waals surface area (Å²) in [5, 5.41) is 2.67. The van der Waals surface area contributed by atoms with Crippen molar-refractivity contribution in [1.29, 1.82) is 0 Å². The Bertz CT molecular complexity index is 622. The molecule has 0 aliphatic carbocycles. The third kappa shape index (κ3) is 4.02. The fourth-order valence-electron chi connectivity index (χ4n) is 2.53. The van der Waals surface area contributed by atoms with E-state index in [1.807, 2.05) is 64.4 Å². The van der Waals surface area contributed by atoms with Crippen LogP contribution in [0.5, 0.6) is 0 Å². The first kappa shape index (κ1) is 15.4. The van der Waals surface area contributed by atoms with Gasteiger partial charge in [-0.05, 0) is 29.5 Å². The lowest BCUT2D eigenvalue weighted by atomic mass is 10.2. The second-order valence-corrected chi connectivity index (χ2v) is 7.52. The number of rotatable bonds is 3. The van der Waals surface area contributed by atoms with Crippen LogP contribution in [0.1, 0.15) is 22.1 Å². The average Bonchev–Trinajstić information content (AvgIpc) is 2.98. The standard InChI is InChI=1S/C18H19NOS2/c20-18(9-8-15-5-2-1-3-6-15)19-11-10-17(22-14-12-19)16-7-4-13-21-16/h1-9,13,17H,10-12,14H2/b9-8+/t17-/m0/s1. The topological polar surface area (TPSA) is 20.3 Å². The van der Waals surface area contributed by atoms with E-state index >= 15 is 0 Å². The number of thioether (sulfide) groups is 1. The lowest BCUT2D eigenvalue weighted by Gasteiger charge is -2.18. The summed E-state index contributed by atoms with van der Waals surface area (Å²) in [6, 6.07) is 14.3. The van der Waals surface area contributed by atoms with Crippen LogP contribution in [-0.4, -0.2) is 29.6 Å². The maximum atomic E-state index is 12.3. The van der Waals surface area contributed by atoms with Crippen LogP contribution in [0.25, 0.3) is 6.08 Å². The van der Waals surface area contributed by atoms with E-state index in [9.17, 15) is 4.79 Å². The molecule has 1 fully saturated rings. The summed E-state index contributed by atoms with van der Waals surface area (Å²) < 4.78 is 0. The van der Waals surface area contributed by atoms with Gasteiger partial charge in [-0.2, -0.15) is 11.8 Å². The Morgan fingerprint density at radius 1 is 1.14 bits per heavy atom. The molecule has 1 saturated heterocycles. The number of hydrogen-bond donors (Lipinski definition) is 0. The van der Waals surface area contributed by atoms with Crippen molar-refractivity contribution in [2.24, 2.45) is 0 Å². The molecule has 1 aromatic heterocycles. The summed E-state index contributed by atoms with van der Waals surface area (Å²) >= 11 is 3.79. The van der Waals surface area contributed by atoms with Crippen molar-refractivity contribution in [2.75, 3.05) is 18.8 Å². The molecule has 22 heavy (non-hydrogen) atoms. The highest BCUT2D eigenvalue weighted by Crippen LogP contribution is 2.36. The maximum absolute atomic E-state index is 12.3. The fourth-order valence-corrected chi connectivity index (χ4v) is 4.77. The lowest BCUT2D eigenvalue weighted by Crippen LogP contribution is -2.31. The number of carbonyl (C=O) groups is 1. The molecular weight excluding hydrogens is 310 g/mol. The Balaban J connectivity index is 1.58. The molecule has 1 aromatic carbocycles. The molecule has 1 atom stereocenters. The van der Waals surface area contributed by atoms with Crippen molar-refractivity contribution in [3.8, 4) is 0 Å². The van der Waals surface area contributed by atoms with Gasteiger partial charge < -0.3 is 4.90 Å². The monoisotopic (exact) mass is 329 g/mol. The van der Waals surface area contributed by atoms with Crippen LogP contribution in [0.2, 0.25) is 0 Å². The smallest absolute Gasteiger partial charge is 0.246 e. The molecule has 0 bridgehead atoms. The largest absolute Gasteiger partial charge is 0.338 e. The van der Waals surface area contributed by atoms with E-state index in [4.69, 9.17) is 0 Å². The maximum Gasteiger partial charge on any atom is 0.246 e. The van der Waals surface area contributed by atoms with Gasteiger partial charge in [-0.25, -0.2) is 0 Å². The van der Waals surface area contributed by atoms with Crippen LogP contribution in [0.3, 0.4) is 0 Å². The summed E-state index contributed by atoms with van der Waals surface area (Å²) in [6.45, 7) is 1.68. The minimum absolute atomic E-state index is 0.122. The predicted molar refractivity (Wildman–Crippen MR) is 96.2 cm³/mol. The molecule has 2 heterocycles. The molecule has 2 aromatic rings. The molecule has 0 radical (unpaired) electrons. The second kappa shape index (κ2) is 7.65. The van der Waals surface area contributed by atoms with Gasteiger partial charge in [0.05, 0.1) is 0 Å². The fraction of sp³-hybridized carbons (Fsp3) is 0.278. The molecule has 1 aliphatic rings. The summed E-state index contributed by atoms with van der Waals surface area (Å²) in [4.78, 5) is 15.8. The van der Waals surface area contributed by atoms with Crippen LogP contribution in [0.15, 0.2) is 53.9 Å². The van der Waals surface area contributed by atoms with Crippen LogP contribution in [0.4, 0.5) is 0 Å². The first-order valence-corrected chi connectivity index (χ1v) is 9.43. The van der Waals surface area contributed by atoms with Gasteiger partial charge in [0.2, 0.25) is 5.91 Å². The molecule has 114 valence electrons. The summed E-state index contributed by atoms with van der Waals surface area (Å²) in [7, 11) is 0. The zero-order chi connectivity index (χ0) is 15.2. The molecule has 0 unspecified atom stereocenters. The van der Waals surface area contributed by atoms with Gasteiger partial charge in [-0.1, -0.05) is 36.4 Å². The average molecular weight is 329 g/mol. The minimum atomic E-state index is 0.122. The summed E-state index contributed by atoms with van der Waals surface area (Å²) in [5.41, 5.74) is 1.07. The molecule has 2 nitrogen and oxygen atoms in total. The first-order chi connectivity index (χ1) is 10.8. The number of benzene rings is 1. The van der Waals surface area contributed by atoms with E-state index in [1.54, 1.807) is 6.08 Å². The Kier molecular flexibility index (Phi) is 5.35. The van der Waals surface area contributed by atoms with Crippen molar-refractivity contribution < 1.29 is 4.79 Å². The quantitative estimate of drug-likeness (QED) is 0.775. The normalized spacial score (nSPS) is 19.3. The van der Waals surface area contributed by atoms with Gasteiger partial charge in [0.25, 0.3) is 0 Å². The highest BCUT2D eigenvalue weighted by Gasteiger charge is 2.21. The Morgan fingerprint density at radius 3 is 2.77 bits per heavy atom. The van der Waals surface area contributed by atoms with Crippen molar-refractivity contribution in [2.45, 2.75) is 11.7 Å². The van der Waals surface area contributed by atoms with Gasteiger partial charge >= 0.3 is 0 Å². The predicted octanol–water partition coefficient (Wildman–Crippen LogP) is 4.47. The van der Waals surface area contributed by atoms with Crippen LogP contribution in [0, 0.1) is 0 Å². The third-order valence-corrected chi connectivity index (χ3v) is 6.18. The molecule has 1 amide bonds. The molecule has 1 aliphatic heterocycles. The zero-order valence-electron chi connectivity index (χ0n) is 12.4. The van der Waals surface area contributed by atoms with Crippen molar-refractivity contribution in [1.82, 2.24) is 4.90 Å². The third-order valence-electron chi connectivity index (χ3n) is 3.73. The van der Waals surface area contributed by atoms with E-state index in [0.717, 1.165) is 30.8 Å². The molecular formula is C18H19NOS2. The number of thiophene rings is 1. The zero-order valence-corrected chi connectivity index (χ0v) is 14.0. The van der Waals surface area contributed by atoms with Crippen LogP contribution in [-0.2, 0) is 4.79 Å². The van der Waals surface area contributed by atoms with Gasteiger partial charge in [0, 0.05) is 35.0 Å². The lowest BCUT2D eigenvalue weighted by molar-refractivity contribution is -0.125. The molecule has 3 rings (SSSR count). The molecule has 0 saturated carbocycles. The number of nitrogens with zero attached hydrogens (tertiary/aromatic N) is 1. The van der Waals surface area contributed by atoms with E-state index in [2.05, 4.69) is 17.5 Å². The SMILES string of the molecule is O=C(/C=C/c1ccccc1)N1CCS[C@H](c2cccs2)CC1. The Morgan fingerprint density at radius 2 is 2.00 bits per heavy atom. The highest BCUT2D eigenvalue weighted by atomic mass is 32.2. The van der Waals surface area contributed by atoms with Gasteiger partial charge in [0.15, 0.2) is 0 Å². The Labute approximate surface area is 139 Å². The van der Waals surface area contributed by atoms with Crippen LogP contribution < -0.4 is 0 Å². The van der Waals surface area contributed by atoms with Crippen molar-refractivity contribution >= 4 is 35.1 Å². The van der Waals surface area contributed by atoms with E-state index in [1.165, 1.54) is 4.88 Å². The number of amides is 1. The van der Waals surface area contributed by atoms with Gasteiger partial charge in [-0.3, -0.25) is 4.79 Å². The minimum Gasteiger partial charge on any atom is -0.338 e. The molecule has 0 N–H and O–H groups in total. The molecule has 4 heteroatoms.